The molecule has 0 aliphatic carbocycles. The van der Waals surface area contributed by atoms with Gasteiger partial charge < -0.3 is 14.5 Å². The number of hydrogen-bond donors (Lipinski definition) is 0. The lowest BCUT2D eigenvalue weighted by Crippen LogP contribution is -2.49. The highest BCUT2D eigenvalue weighted by Gasteiger charge is 2.23. The van der Waals surface area contributed by atoms with Crippen LogP contribution in [-0.4, -0.2) is 54.8 Å². The van der Waals surface area contributed by atoms with Crippen molar-refractivity contribution in [1.29, 1.82) is 0 Å². The Hall–Kier alpha value is -2.25. The Morgan fingerprint density at radius 3 is 2.59 bits per heavy atom. The van der Waals surface area contributed by atoms with Crippen molar-refractivity contribution >= 4 is 44.4 Å². The summed E-state index contributed by atoms with van der Waals surface area (Å²) in [6, 6.07) is 14.4. The molecule has 29 heavy (non-hydrogen) atoms. The van der Waals surface area contributed by atoms with Crippen LogP contribution in [0.1, 0.15) is 12.5 Å². The second kappa shape index (κ2) is 9.05. The molecule has 1 amide bonds. The van der Waals surface area contributed by atoms with Crippen LogP contribution in [0.4, 0.5) is 5.13 Å². The number of hydrogen-bond acceptors (Lipinski definition) is 6. The maximum absolute atomic E-state index is 12.7. The van der Waals surface area contributed by atoms with Crippen molar-refractivity contribution in [3.05, 3.63) is 48.0 Å². The van der Waals surface area contributed by atoms with Gasteiger partial charge in [-0.3, -0.25) is 4.79 Å². The van der Waals surface area contributed by atoms with Crippen LogP contribution in [-0.2, 0) is 11.2 Å². The maximum Gasteiger partial charge on any atom is 0.227 e. The molecule has 152 valence electrons. The Morgan fingerprint density at radius 1 is 1.14 bits per heavy atom. The molecule has 0 radical (unpaired) electrons. The van der Waals surface area contributed by atoms with Crippen LogP contribution >= 0.6 is 23.1 Å². The zero-order valence-corrected chi connectivity index (χ0v) is 18.4. The molecule has 7 heteroatoms. The minimum absolute atomic E-state index is 0.200. The first kappa shape index (κ1) is 20.0. The van der Waals surface area contributed by atoms with Gasteiger partial charge in [0.15, 0.2) is 5.13 Å². The lowest BCUT2D eigenvalue weighted by Gasteiger charge is -2.34. The van der Waals surface area contributed by atoms with E-state index in [0.717, 1.165) is 58.6 Å². The number of anilines is 1. The van der Waals surface area contributed by atoms with Gasteiger partial charge in [0.1, 0.15) is 11.3 Å². The average molecular weight is 428 g/mol. The van der Waals surface area contributed by atoms with Crippen LogP contribution in [0.5, 0.6) is 5.75 Å². The van der Waals surface area contributed by atoms with Crippen LogP contribution in [0.15, 0.2) is 47.4 Å². The molecular weight excluding hydrogens is 402 g/mol. The van der Waals surface area contributed by atoms with Crippen molar-refractivity contribution in [3.63, 3.8) is 0 Å². The zero-order chi connectivity index (χ0) is 20.2. The van der Waals surface area contributed by atoms with Crippen LogP contribution in [0, 0.1) is 0 Å². The Morgan fingerprint density at radius 2 is 1.90 bits per heavy atom. The van der Waals surface area contributed by atoms with E-state index < -0.39 is 0 Å². The smallest absolute Gasteiger partial charge is 0.227 e. The van der Waals surface area contributed by atoms with Gasteiger partial charge in [-0.15, -0.1) is 11.8 Å². The Bertz CT molecular complexity index is 979. The number of amides is 1. The number of fused-ring (bicyclic) bond motifs is 1. The third kappa shape index (κ3) is 4.51. The number of piperazine rings is 1. The van der Waals surface area contributed by atoms with E-state index in [1.165, 1.54) is 4.90 Å². The van der Waals surface area contributed by atoms with Crippen molar-refractivity contribution in [1.82, 2.24) is 9.88 Å². The number of aromatic nitrogens is 1. The number of benzene rings is 2. The molecule has 0 atom stereocenters. The lowest BCUT2D eigenvalue weighted by molar-refractivity contribution is -0.130. The monoisotopic (exact) mass is 427 g/mol. The molecule has 1 aliphatic heterocycles. The summed E-state index contributed by atoms with van der Waals surface area (Å²) in [5.74, 6) is 2.07. The van der Waals surface area contributed by atoms with E-state index in [1.54, 1.807) is 18.4 Å². The highest BCUT2D eigenvalue weighted by atomic mass is 32.2. The molecule has 2 heterocycles. The second-order valence-corrected chi connectivity index (χ2v) is 9.27. The number of thioether (sulfide) groups is 1. The summed E-state index contributed by atoms with van der Waals surface area (Å²) in [5.41, 5.74) is 1.99. The fourth-order valence-electron chi connectivity index (χ4n) is 3.52. The first-order valence-corrected chi connectivity index (χ1v) is 11.7. The Kier molecular flexibility index (Phi) is 6.25. The minimum Gasteiger partial charge on any atom is -0.494 e. The minimum atomic E-state index is 0.200. The van der Waals surface area contributed by atoms with Crippen molar-refractivity contribution in [2.75, 3.05) is 43.9 Å². The van der Waals surface area contributed by atoms with E-state index in [0.29, 0.717) is 6.42 Å². The molecule has 3 aromatic rings. The molecule has 4 rings (SSSR count). The number of nitrogens with zero attached hydrogens (tertiary/aromatic N) is 3. The molecule has 0 N–H and O–H groups in total. The predicted molar refractivity (Wildman–Crippen MR) is 122 cm³/mol. The average Bonchev–Trinajstić information content (AvgIpc) is 3.20. The number of ether oxygens (including phenoxy) is 1. The molecule has 0 spiro atoms. The van der Waals surface area contributed by atoms with Crippen LogP contribution in [0.2, 0.25) is 0 Å². The van der Waals surface area contributed by atoms with Crippen molar-refractivity contribution in [2.45, 2.75) is 18.2 Å². The normalized spacial score (nSPS) is 14.4. The largest absolute Gasteiger partial charge is 0.494 e. The van der Waals surface area contributed by atoms with Gasteiger partial charge in [-0.05, 0) is 35.6 Å². The SMILES string of the molecule is CCSc1ccc(CC(=O)N2CCN(c3nc4c(OC)cccc4s3)CC2)cc1. The quantitative estimate of drug-likeness (QED) is 0.549. The van der Waals surface area contributed by atoms with Crippen molar-refractivity contribution in [3.8, 4) is 5.75 Å². The van der Waals surface area contributed by atoms with Crippen molar-refractivity contribution < 1.29 is 9.53 Å². The fourth-order valence-corrected chi connectivity index (χ4v) is 5.21. The second-order valence-electron chi connectivity index (χ2n) is 6.93. The lowest BCUT2D eigenvalue weighted by atomic mass is 10.1. The van der Waals surface area contributed by atoms with Gasteiger partial charge in [0.25, 0.3) is 0 Å². The molecule has 2 aromatic carbocycles. The van der Waals surface area contributed by atoms with Gasteiger partial charge >= 0.3 is 0 Å². The third-order valence-electron chi connectivity index (χ3n) is 5.08. The summed E-state index contributed by atoms with van der Waals surface area (Å²) in [6.45, 7) is 5.22. The fraction of sp³-hybridized carbons (Fsp3) is 0.364. The van der Waals surface area contributed by atoms with Gasteiger partial charge in [-0.1, -0.05) is 36.5 Å². The topological polar surface area (TPSA) is 45.7 Å². The molecule has 0 bridgehead atoms. The highest BCUT2D eigenvalue weighted by Crippen LogP contribution is 2.34. The van der Waals surface area contributed by atoms with E-state index in [1.807, 2.05) is 28.8 Å². The molecular formula is C22H25N3O2S2. The number of methoxy groups -OCH3 is 1. The first-order chi connectivity index (χ1) is 14.2. The van der Waals surface area contributed by atoms with Crippen molar-refractivity contribution in [2.24, 2.45) is 0 Å². The molecule has 1 saturated heterocycles. The number of thiazole rings is 1. The van der Waals surface area contributed by atoms with Crippen LogP contribution in [0.25, 0.3) is 10.2 Å². The van der Waals surface area contributed by atoms with Gasteiger partial charge in [0, 0.05) is 31.1 Å². The zero-order valence-electron chi connectivity index (χ0n) is 16.8. The number of rotatable bonds is 6. The first-order valence-electron chi connectivity index (χ1n) is 9.86. The number of carbonyl (C=O) groups is 1. The van der Waals surface area contributed by atoms with E-state index in [9.17, 15) is 4.79 Å². The van der Waals surface area contributed by atoms with E-state index in [2.05, 4.69) is 42.2 Å². The van der Waals surface area contributed by atoms with Crippen LogP contribution < -0.4 is 9.64 Å². The molecule has 0 saturated carbocycles. The molecule has 0 unspecified atom stereocenters. The standard InChI is InChI=1S/C22H25N3O2S2/c1-3-28-17-9-7-16(8-10-17)15-20(26)24-11-13-25(14-12-24)22-23-21-18(27-2)5-4-6-19(21)29-22/h4-10H,3,11-15H2,1-2H3. The molecule has 1 aliphatic rings. The molecule has 1 aromatic heterocycles. The Labute approximate surface area is 179 Å². The Balaban J connectivity index is 1.36. The molecule has 1 fully saturated rings. The summed E-state index contributed by atoms with van der Waals surface area (Å²) >= 11 is 3.50. The van der Waals surface area contributed by atoms with Gasteiger partial charge in [0.05, 0.1) is 18.2 Å². The van der Waals surface area contributed by atoms with Gasteiger partial charge in [-0.2, -0.15) is 0 Å². The van der Waals surface area contributed by atoms with Gasteiger partial charge in [-0.25, -0.2) is 4.98 Å². The number of carbonyl (C=O) groups excluding carboxylic acids is 1. The summed E-state index contributed by atoms with van der Waals surface area (Å²) in [5, 5.41) is 1.00. The van der Waals surface area contributed by atoms with Gasteiger partial charge in [0.2, 0.25) is 5.91 Å². The summed E-state index contributed by atoms with van der Waals surface area (Å²) in [4.78, 5) is 23.0. The van der Waals surface area contributed by atoms with E-state index >= 15 is 0 Å². The van der Waals surface area contributed by atoms with E-state index in [-0.39, 0.29) is 5.91 Å². The maximum atomic E-state index is 12.7. The highest BCUT2D eigenvalue weighted by molar-refractivity contribution is 7.99. The summed E-state index contributed by atoms with van der Waals surface area (Å²) < 4.78 is 6.55. The predicted octanol–water partition coefficient (Wildman–Crippen LogP) is 4.31. The van der Waals surface area contributed by atoms with E-state index in [4.69, 9.17) is 9.72 Å². The summed E-state index contributed by atoms with van der Waals surface area (Å²) in [6.07, 6.45) is 0.468. The number of para-hydroxylation sites is 1. The van der Waals surface area contributed by atoms with Crippen LogP contribution in [0.3, 0.4) is 0 Å². The third-order valence-corrected chi connectivity index (χ3v) is 7.06. The summed E-state index contributed by atoms with van der Waals surface area (Å²) in [7, 11) is 1.67. The molecule has 5 nitrogen and oxygen atoms in total.